The molecular formula is C25H24N6O5. The average Bonchev–Trinajstić information content (AvgIpc) is 3.54. The van der Waals surface area contributed by atoms with Gasteiger partial charge in [0.2, 0.25) is 5.89 Å². The van der Waals surface area contributed by atoms with Crippen LogP contribution in [0.1, 0.15) is 33.5 Å². The van der Waals surface area contributed by atoms with Gasteiger partial charge in [0.05, 0.1) is 29.8 Å². The lowest BCUT2D eigenvalue weighted by Crippen LogP contribution is -2.56. The van der Waals surface area contributed by atoms with Gasteiger partial charge < -0.3 is 23.9 Å². The first-order chi connectivity index (χ1) is 17.4. The molecule has 1 aromatic carbocycles. The van der Waals surface area contributed by atoms with Crippen LogP contribution in [0.4, 0.5) is 0 Å². The van der Waals surface area contributed by atoms with Gasteiger partial charge in [-0.05, 0) is 19.1 Å². The van der Waals surface area contributed by atoms with Gasteiger partial charge in [0.25, 0.3) is 23.5 Å². The number of carbonyl (C=O) groups is 3. The SMILES string of the molecule is COc1cnc(-c2nnc(C)o2)c2[nH]cc(C(=O)C(=O)N3CCN(C(=O)c4ccccc4)[C@H](C)C3)c12. The van der Waals surface area contributed by atoms with Crippen LogP contribution >= 0.6 is 0 Å². The van der Waals surface area contributed by atoms with Crippen LogP contribution in [0.25, 0.3) is 22.5 Å². The van der Waals surface area contributed by atoms with Crippen LogP contribution in [0.2, 0.25) is 0 Å². The van der Waals surface area contributed by atoms with E-state index >= 15 is 0 Å². The molecule has 1 atom stereocenters. The highest BCUT2D eigenvalue weighted by Gasteiger charge is 2.34. The van der Waals surface area contributed by atoms with Crippen molar-refractivity contribution in [3.63, 3.8) is 0 Å². The van der Waals surface area contributed by atoms with Crippen molar-refractivity contribution in [2.45, 2.75) is 19.9 Å². The van der Waals surface area contributed by atoms with E-state index in [4.69, 9.17) is 9.15 Å². The number of nitrogens with one attached hydrogen (secondary N) is 1. The Morgan fingerprint density at radius 1 is 1.14 bits per heavy atom. The van der Waals surface area contributed by atoms with Crippen molar-refractivity contribution < 1.29 is 23.5 Å². The highest BCUT2D eigenvalue weighted by molar-refractivity contribution is 6.45. The van der Waals surface area contributed by atoms with E-state index in [1.54, 1.807) is 24.0 Å². The number of amides is 2. The molecule has 0 unspecified atom stereocenters. The van der Waals surface area contributed by atoms with Crippen LogP contribution in [-0.4, -0.2) is 80.3 Å². The number of hydrogen-bond donors (Lipinski definition) is 1. The summed E-state index contributed by atoms with van der Waals surface area (Å²) in [6, 6.07) is 8.75. The summed E-state index contributed by atoms with van der Waals surface area (Å²) in [7, 11) is 1.46. The quantitative estimate of drug-likeness (QED) is 0.334. The van der Waals surface area contributed by atoms with Crippen LogP contribution in [0, 0.1) is 6.92 Å². The Morgan fingerprint density at radius 3 is 2.58 bits per heavy atom. The minimum atomic E-state index is -0.687. The molecule has 184 valence electrons. The number of hydrogen-bond acceptors (Lipinski definition) is 8. The van der Waals surface area contributed by atoms with Gasteiger partial charge in [-0.2, -0.15) is 0 Å². The third-order valence-corrected chi connectivity index (χ3v) is 6.26. The Kier molecular flexibility index (Phi) is 5.96. The number of Topliss-reactive ketones (excluding diaryl/α,β-unsaturated/α-hetero) is 1. The Labute approximate surface area is 206 Å². The number of benzene rings is 1. The highest BCUT2D eigenvalue weighted by Crippen LogP contribution is 2.34. The van der Waals surface area contributed by atoms with Gasteiger partial charge in [-0.15, -0.1) is 10.2 Å². The summed E-state index contributed by atoms with van der Waals surface area (Å²) in [5, 5.41) is 8.24. The van der Waals surface area contributed by atoms with Gasteiger partial charge in [0.1, 0.15) is 5.75 Å². The summed E-state index contributed by atoms with van der Waals surface area (Å²) in [5.41, 5.74) is 1.54. The number of carbonyl (C=O) groups excluding carboxylic acids is 3. The van der Waals surface area contributed by atoms with Crippen molar-refractivity contribution in [1.29, 1.82) is 0 Å². The van der Waals surface area contributed by atoms with Crippen molar-refractivity contribution in [2.75, 3.05) is 26.7 Å². The van der Waals surface area contributed by atoms with Gasteiger partial charge in [-0.3, -0.25) is 14.4 Å². The number of aryl methyl sites for hydroxylation is 1. The Balaban J connectivity index is 1.39. The lowest BCUT2D eigenvalue weighted by Gasteiger charge is -2.39. The molecule has 0 aliphatic carbocycles. The summed E-state index contributed by atoms with van der Waals surface area (Å²) in [6.45, 7) is 4.35. The summed E-state index contributed by atoms with van der Waals surface area (Å²) < 4.78 is 10.9. The fourth-order valence-corrected chi connectivity index (χ4v) is 4.46. The van der Waals surface area contributed by atoms with Crippen LogP contribution in [0.15, 0.2) is 47.1 Å². The summed E-state index contributed by atoms with van der Waals surface area (Å²) in [4.78, 5) is 50.1. The van der Waals surface area contributed by atoms with E-state index in [1.165, 1.54) is 24.4 Å². The van der Waals surface area contributed by atoms with Crippen molar-refractivity contribution in [3.8, 4) is 17.3 Å². The monoisotopic (exact) mass is 488 g/mol. The molecule has 5 rings (SSSR count). The fourth-order valence-electron chi connectivity index (χ4n) is 4.46. The Morgan fingerprint density at radius 2 is 1.92 bits per heavy atom. The molecule has 0 spiro atoms. The summed E-state index contributed by atoms with van der Waals surface area (Å²) in [6.07, 6.45) is 2.91. The normalized spacial score (nSPS) is 15.8. The molecule has 1 fully saturated rings. The summed E-state index contributed by atoms with van der Waals surface area (Å²) in [5.74, 6) is -0.557. The molecule has 1 aliphatic rings. The zero-order valence-electron chi connectivity index (χ0n) is 20.0. The van der Waals surface area contributed by atoms with Crippen LogP contribution < -0.4 is 4.74 Å². The lowest BCUT2D eigenvalue weighted by molar-refractivity contribution is -0.128. The number of pyridine rings is 1. The third kappa shape index (κ3) is 3.98. The number of fused-ring (bicyclic) bond motifs is 1. The van der Waals surface area contributed by atoms with Gasteiger partial charge >= 0.3 is 0 Å². The van der Waals surface area contributed by atoms with Crippen molar-refractivity contribution in [1.82, 2.24) is 30.0 Å². The smallest absolute Gasteiger partial charge is 0.295 e. The molecule has 0 saturated carbocycles. The largest absolute Gasteiger partial charge is 0.494 e. The maximum absolute atomic E-state index is 13.4. The second-order valence-corrected chi connectivity index (χ2v) is 8.55. The minimum absolute atomic E-state index is 0.0980. The van der Waals surface area contributed by atoms with Gasteiger partial charge in [0, 0.05) is 44.4 Å². The van der Waals surface area contributed by atoms with Crippen LogP contribution in [-0.2, 0) is 4.79 Å². The van der Waals surface area contributed by atoms with Crippen molar-refractivity contribution >= 4 is 28.5 Å². The molecule has 2 amide bonds. The first-order valence-corrected chi connectivity index (χ1v) is 11.4. The first kappa shape index (κ1) is 23.2. The second-order valence-electron chi connectivity index (χ2n) is 8.55. The maximum atomic E-state index is 13.4. The number of H-pyrrole nitrogens is 1. The predicted molar refractivity (Wildman–Crippen MR) is 129 cm³/mol. The number of aromatic amines is 1. The molecule has 1 saturated heterocycles. The van der Waals surface area contributed by atoms with E-state index in [1.807, 2.05) is 25.1 Å². The number of piperazine rings is 1. The average molecular weight is 489 g/mol. The standard InChI is InChI=1S/C25H24N6O5/c1-14-13-30(9-10-31(14)24(33)16-7-5-4-6-8-16)25(34)22(32)17-11-26-20-19(17)18(35-3)12-27-21(20)23-29-28-15(2)36-23/h4-8,11-12,14,26H,9-10,13H2,1-3H3/t14-/m1/s1. The zero-order chi connectivity index (χ0) is 25.4. The third-order valence-electron chi connectivity index (χ3n) is 6.26. The molecule has 11 heteroatoms. The number of methoxy groups -OCH3 is 1. The van der Waals surface area contributed by atoms with Crippen molar-refractivity contribution in [3.05, 3.63) is 59.7 Å². The zero-order valence-corrected chi connectivity index (χ0v) is 20.0. The molecule has 0 radical (unpaired) electrons. The molecular weight excluding hydrogens is 464 g/mol. The van der Waals surface area contributed by atoms with Gasteiger partial charge in [-0.25, -0.2) is 4.98 Å². The van der Waals surface area contributed by atoms with E-state index in [0.717, 1.165) is 0 Å². The molecule has 1 N–H and O–H groups in total. The molecule has 3 aromatic heterocycles. The molecule has 1 aliphatic heterocycles. The lowest BCUT2D eigenvalue weighted by atomic mass is 10.1. The van der Waals surface area contributed by atoms with E-state index in [9.17, 15) is 14.4 Å². The van der Waals surface area contributed by atoms with Crippen LogP contribution in [0.3, 0.4) is 0 Å². The highest BCUT2D eigenvalue weighted by atomic mass is 16.5. The molecule has 4 aromatic rings. The number of aromatic nitrogens is 4. The van der Waals surface area contributed by atoms with E-state index in [0.29, 0.717) is 40.3 Å². The van der Waals surface area contributed by atoms with Gasteiger partial charge in [0.15, 0.2) is 5.69 Å². The first-order valence-electron chi connectivity index (χ1n) is 11.4. The topological polar surface area (TPSA) is 135 Å². The number of nitrogens with zero attached hydrogens (tertiary/aromatic N) is 5. The Hall–Kier alpha value is -4.54. The summed E-state index contributed by atoms with van der Waals surface area (Å²) >= 11 is 0. The van der Waals surface area contributed by atoms with Gasteiger partial charge in [-0.1, -0.05) is 18.2 Å². The molecule has 11 nitrogen and oxygen atoms in total. The van der Waals surface area contributed by atoms with Crippen molar-refractivity contribution in [2.24, 2.45) is 0 Å². The Bertz CT molecular complexity index is 1460. The van der Waals surface area contributed by atoms with Crippen LogP contribution in [0.5, 0.6) is 5.75 Å². The number of rotatable bonds is 5. The number of ketones is 1. The minimum Gasteiger partial charge on any atom is -0.494 e. The second kappa shape index (κ2) is 9.25. The van der Waals surface area contributed by atoms with E-state index in [2.05, 4.69) is 20.2 Å². The molecule has 36 heavy (non-hydrogen) atoms. The molecule has 0 bridgehead atoms. The molecule has 4 heterocycles. The predicted octanol–water partition coefficient (Wildman–Crippen LogP) is 2.49. The fraction of sp³-hybridized carbons (Fsp3) is 0.280. The maximum Gasteiger partial charge on any atom is 0.295 e. The van der Waals surface area contributed by atoms with E-state index in [-0.39, 0.29) is 36.5 Å². The number of ether oxygens (including phenoxy) is 1. The van der Waals surface area contributed by atoms with E-state index < -0.39 is 11.7 Å².